The summed E-state index contributed by atoms with van der Waals surface area (Å²) in [6, 6.07) is 6.88. The number of carbonyl (C=O) groups is 2. The van der Waals surface area contributed by atoms with Crippen LogP contribution in [-0.4, -0.2) is 29.4 Å². The zero-order valence-electron chi connectivity index (χ0n) is 8.97. The van der Waals surface area contributed by atoms with E-state index in [1.807, 2.05) is 0 Å². The average Bonchev–Trinajstić information content (AvgIpc) is 2.36. The standard InChI is InChI=1S/C13H10O4/c14-7-5-10-12(16)11(15)8-3-1-2-4-9(8)13(10)17-6-7/h1-4,7,14H,5-6H2. The number of fused-ring (bicyclic) bond motifs is 2. The molecular formula is C13H10O4. The summed E-state index contributed by atoms with van der Waals surface area (Å²) >= 11 is 0. The van der Waals surface area contributed by atoms with Gasteiger partial charge in [-0.3, -0.25) is 9.59 Å². The Labute approximate surface area is 97.5 Å². The van der Waals surface area contributed by atoms with E-state index in [9.17, 15) is 14.7 Å². The van der Waals surface area contributed by atoms with Gasteiger partial charge in [0, 0.05) is 23.1 Å². The highest BCUT2D eigenvalue weighted by atomic mass is 16.5. The van der Waals surface area contributed by atoms with Crippen LogP contribution in [-0.2, 0) is 9.53 Å². The van der Waals surface area contributed by atoms with Crippen molar-refractivity contribution in [2.45, 2.75) is 12.5 Å². The molecule has 1 N–H and O–H groups in total. The van der Waals surface area contributed by atoms with Gasteiger partial charge in [0.25, 0.3) is 0 Å². The lowest BCUT2D eigenvalue weighted by Crippen LogP contribution is -2.32. The number of ketones is 2. The smallest absolute Gasteiger partial charge is 0.234 e. The van der Waals surface area contributed by atoms with E-state index in [-0.39, 0.29) is 13.0 Å². The first-order valence-electron chi connectivity index (χ1n) is 5.41. The minimum atomic E-state index is -0.712. The normalized spacial score (nSPS) is 23.0. The first kappa shape index (κ1) is 10.2. The van der Waals surface area contributed by atoms with E-state index in [1.54, 1.807) is 24.3 Å². The number of ether oxygens (including phenoxy) is 1. The molecule has 0 radical (unpaired) electrons. The van der Waals surface area contributed by atoms with Crippen molar-refractivity contribution in [2.75, 3.05) is 6.61 Å². The summed E-state index contributed by atoms with van der Waals surface area (Å²) < 4.78 is 5.40. The molecule has 1 heterocycles. The van der Waals surface area contributed by atoms with E-state index >= 15 is 0 Å². The van der Waals surface area contributed by atoms with Gasteiger partial charge in [-0.05, 0) is 0 Å². The molecule has 1 aromatic rings. The topological polar surface area (TPSA) is 63.6 Å². The third-order valence-corrected chi connectivity index (χ3v) is 3.03. The third-order valence-electron chi connectivity index (χ3n) is 3.03. The second kappa shape index (κ2) is 3.53. The lowest BCUT2D eigenvalue weighted by Gasteiger charge is -2.28. The Balaban J connectivity index is 2.23. The molecule has 0 spiro atoms. The van der Waals surface area contributed by atoms with Gasteiger partial charge in [0.1, 0.15) is 12.4 Å². The molecule has 4 heteroatoms. The molecule has 0 amide bonds. The minimum Gasteiger partial charge on any atom is -0.490 e. The Bertz CT molecular complexity index is 556. The average molecular weight is 230 g/mol. The maximum atomic E-state index is 11.9. The highest BCUT2D eigenvalue weighted by Crippen LogP contribution is 2.35. The third kappa shape index (κ3) is 1.41. The summed E-state index contributed by atoms with van der Waals surface area (Å²) in [4.78, 5) is 23.7. The van der Waals surface area contributed by atoms with E-state index in [4.69, 9.17) is 4.74 Å². The number of hydrogen-bond acceptors (Lipinski definition) is 4. The molecule has 4 nitrogen and oxygen atoms in total. The van der Waals surface area contributed by atoms with Crippen molar-refractivity contribution in [3.8, 4) is 0 Å². The zero-order valence-corrected chi connectivity index (χ0v) is 8.97. The van der Waals surface area contributed by atoms with E-state index in [0.717, 1.165) is 0 Å². The molecule has 0 fully saturated rings. The molecule has 0 bridgehead atoms. The molecule has 3 rings (SSSR count). The van der Waals surface area contributed by atoms with Crippen molar-refractivity contribution >= 4 is 17.3 Å². The van der Waals surface area contributed by atoms with Crippen LogP contribution < -0.4 is 0 Å². The second-order valence-corrected chi connectivity index (χ2v) is 4.18. The van der Waals surface area contributed by atoms with E-state index in [2.05, 4.69) is 0 Å². The van der Waals surface area contributed by atoms with Crippen LogP contribution in [0.5, 0.6) is 0 Å². The monoisotopic (exact) mass is 230 g/mol. The number of carbonyl (C=O) groups excluding carboxylic acids is 2. The fraction of sp³-hybridized carbons (Fsp3) is 0.231. The predicted molar refractivity (Wildman–Crippen MR) is 59.3 cm³/mol. The van der Waals surface area contributed by atoms with Crippen LogP contribution in [0.1, 0.15) is 22.3 Å². The number of rotatable bonds is 0. The fourth-order valence-electron chi connectivity index (χ4n) is 2.23. The van der Waals surface area contributed by atoms with Crippen molar-refractivity contribution in [1.29, 1.82) is 0 Å². The molecule has 86 valence electrons. The Morgan fingerprint density at radius 3 is 2.59 bits per heavy atom. The second-order valence-electron chi connectivity index (χ2n) is 4.18. The van der Waals surface area contributed by atoms with Gasteiger partial charge in [0.05, 0.1) is 6.10 Å². The minimum absolute atomic E-state index is 0.161. The van der Waals surface area contributed by atoms with Crippen molar-refractivity contribution in [3.63, 3.8) is 0 Å². The molecule has 0 aromatic heterocycles. The SMILES string of the molecule is O=C1C(=O)c2ccccc2C2=C1CC(O)CO2. The van der Waals surface area contributed by atoms with Crippen molar-refractivity contribution in [2.24, 2.45) is 0 Å². The quantitative estimate of drug-likeness (QED) is 0.674. The van der Waals surface area contributed by atoms with Crippen LogP contribution in [0.3, 0.4) is 0 Å². The maximum absolute atomic E-state index is 11.9. The van der Waals surface area contributed by atoms with Gasteiger partial charge in [0.2, 0.25) is 11.6 Å². The van der Waals surface area contributed by atoms with Gasteiger partial charge in [0.15, 0.2) is 0 Å². The van der Waals surface area contributed by atoms with Gasteiger partial charge < -0.3 is 9.84 Å². The molecular weight excluding hydrogens is 220 g/mol. The highest BCUT2D eigenvalue weighted by Gasteiger charge is 2.36. The molecule has 2 aliphatic rings. The zero-order chi connectivity index (χ0) is 12.0. The number of aliphatic hydroxyl groups excluding tert-OH is 1. The summed E-state index contributed by atoms with van der Waals surface area (Å²) in [5, 5.41) is 9.48. The van der Waals surface area contributed by atoms with Crippen LogP contribution in [0.15, 0.2) is 29.8 Å². The summed E-state index contributed by atoms with van der Waals surface area (Å²) in [6.07, 6.45) is -0.524. The molecule has 0 saturated heterocycles. The van der Waals surface area contributed by atoms with E-state index < -0.39 is 17.7 Å². The van der Waals surface area contributed by atoms with Gasteiger partial charge in [-0.1, -0.05) is 24.3 Å². The summed E-state index contributed by atoms with van der Waals surface area (Å²) in [5.41, 5.74) is 1.33. The van der Waals surface area contributed by atoms with Gasteiger partial charge in [-0.25, -0.2) is 0 Å². The predicted octanol–water partition coefficient (Wildman–Crippen LogP) is 0.944. The fourth-order valence-corrected chi connectivity index (χ4v) is 2.23. The molecule has 1 atom stereocenters. The first-order valence-corrected chi connectivity index (χ1v) is 5.41. The first-order chi connectivity index (χ1) is 8.18. The number of Topliss-reactive ketones (excluding diaryl/α,β-unsaturated/α-hetero) is 2. The molecule has 17 heavy (non-hydrogen) atoms. The van der Waals surface area contributed by atoms with Crippen LogP contribution in [0.25, 0.3) is 5.76 Å². The van der Waals surface area contributed by atoms with Crippen molar-refractivity contribution < 1.29 is 19.4 Å². The Morgan fingerprint density at radius 1 is 1.12 bits per heavy atom. The maximum Gasteiger partial charge on any atom is 0.234 e. The number of benzene rings is 1. The largest absolute Gasteiger partial charge is 0.490 e. The van der Waals surface area contributed by atoms with Crippen molar-refractivity contribution in [3.05, 3.63) is 41.0 Å². The van der Waals surface area contributed by atoms with Gasteiger partial charge in [-0.2, -0.15) is 0 Å². The summed E-state index contributed by atoms with van der Waals surface area (Å²) in [7, 11) is 0. The van der Waals surface area contributed by atoms with Crippen LogP contribution >= 0.6 is 0 Å². The van der Waals surface area contributed by atoms with Gasteiger partial charge >= 0.3 is 0 Å². The van der Waals surface area contributed by atoms with Gasteiger partial charge in [-0.15, -0.1) is 0 Å². The summed E-state index contributed by atoms with van der Waals surface area (Å²) in [6.45, 7) is 0.161. The van der Waals surface area contributed by atoms with Crippen molar-refractivity contribution in [1.82, 2.24) is 0 Å². The molecule has 0 saturated carbocycles. The van der Waals surface area contributed by atoms with Crippen LogP contribution in [0.4, 0.5) is 0 Å². The van der Waals surface area contributed by atoms with E-state index in [0.29, 0.717) is 22.5 Å². The molecule has 1 aliphatic carbocycles. The lowest BCUT2D eigenvalue weighted by atomic mass is 9.85. The summed E-state index contributed by atoms with van der Waals surface area (Å²) in [5.74, 6) is -0.620. The van der Waals surface area contributed by atoms with E-state index in [1.165, 1.54) is 0 Å². The van der Waals surface area contributed by atoms with Crippen LogP contribution in [0.2, 0.25) is 0 Å². The molecule has 1 aromatic carbocycles. The molecule has 1 unspecified atom stereocenters. The Morgan fingerprint density at radius 2 is 1.82 bits per heavy atom. The van der Waals surface area contributed by atoms with Crippen LogP contribution in [0, 0.1) is 0 Å². The number of hydrogen-bond donors (Lipinski definition) is 1. The lowest BCUT2D eigenvalue weighted by molar-refractivity contribution is -0.112. The number of aliphatic hydroxyl groups is 1. The highest BCUT2D eigenvalue weighted by molar-refractivity contribution is 6.52. The molecule has 1 aliphatic heterocycles. The Kier molecular flexibility index (Phi) is 2.12. The Hall–Kier alpha value is -1.94.